The van der Waals surface area contributed by atoms with E-state index in [1.807, 2.05) is 6.92 Å². The van der Waals surface area contributed by atoms with E-state index in [4.69, 9.17) is 18.3 Å². The fourth-order valence-corrected chi connectivity index (χ4v) is 9.73. The number of carbonyl (C=O) groups excluding carboxylic acids is 1. The maximum atomic E-state index is 11.8. The summed E-state index contributed by atoms with van der Waals surface area (Å²) in [6.45, 7) is 17.9. The molecular weight excluding hydrogens is 384 g/mol. The minimum absolute atomic E-state index is 0.439. The van der Waals surface area contributed by atoms with E-state index in [0.717, 1.165) is 0 Å². The number of aliphatic hydroxyl groups excluding tert-OH is 1. The molecule has 0 aliphatic heterocycles. The summed E-state index contributed by atoms with van der Waals surface area (Å²) in [5, 5.41) is 10.0. The Morgan fingerprint density at radius 1 is 1.15 bits per heavy atom. The van der Waals surface area contributed by atoms with Crippen molar-refractivity contribution < 1.29 is 28.2 Å². The first-order valence-corrected chi connectivity index (χ1v) is 17.0. The second-order valence-corrected chi connectivity index (χ2v) is 18.8. The molecule has 154 valence electrons. The lowest BCUT2D eigenvalue weighted by atomic mass is 10.2. The molecule has 26 heavy (non-hydrogen) atoms. The zero-order chi connectivity index (χ0) is 20.8. The van der Waals surface area contributed by atoms with E-state index in [1.165, 1.54) is 13.0 Å². The number of aliphatic hydroxyl groups is 1. The molecule has 0 aromatic carbocycles. The monoisotopic (exact) mass is 422 g/mol. The van der Waals surface area contributed by atoms with Crippen molar-refractivity contribution in [2.45, 2.75) is 90.4 Å². The van der Waals surface area contributed by atoms with Gasteiger partial charge in [-0.2, -0.15) is 0 Å². The topological polar surface area (TPSA) is 74.2 Å². The summed E-state index contributed by atoms with van der Waals surface area (Å²) in [4.78, 5) is 11.8. The molecule has 0 saturated carbocycles. The van der Waals surface area contributed by atoms with Gasteiger partial charge in [0.25, 0.3) is 0 Å². The molecule has 6 nitrogen and oxygen atoms in total. The smallest absolute Gasteiger partial charge is 0.332 e. The summed E-state index contributed by atoms with van der Waals surface area (Å²) >= 11 is 0. The summed E-state index contributed by atoms with van der Waals surface area (Å²) in [5.74, 6) is -0.551. The molecule has 3 unspecified atom stereocenters. The minimum Gasteiger partial charge on any atom is -0.430 e. The number of rotatable bonds is 11. The summed E-state index contributed by atoms with van der Waals surface area (Å²) in [6.07, 6.45) is 1.01. The van der Waals surface area contributed by atoms with Gasteiger partial charge in [-0.25, -0.2) is 4.79 Å². The third-order valence-electron chi connectivity index (χ3n) is 3.20. The van der Waals surface area contributed by atoms with Crippen molar-refractivity contribution in [3.8, 4) is 0 Å². The Labute approximate surface area is 163 Å². The van der Waals surface area contributed by atoms with E-state index in [1.54, 1.807) is 13.0 Å². The molecule has 1 N–H and O–H groups in total. The Morgan fingerprint density at radius 2 is 1.62 bits per heavy atom. The van der Waals surface area contributed by atoms with Crippen LogP contribution in [-0.2, 0) is 23.1 Å². The fraction of sp³-hybridized carbons (Fsp3) is 0.824. The van der Waals surface area contributed by atoms with E-state index >= 15 is 0 Å². The molecule has 9 heteroatoms. The van der Waals surface area contributed by atoms with Crippen molar-refractivity contribution in [3.63, 3.8) is 0 Å². The molecule has 0 fully saturated rings. The zero-order valence-electron chi connectivity index (χ0n) is 18.1. The lowest BCUT2D eigenvalue weighted by molar-refractivity contribution is -0.251. The molecule has 0 aliphatic carbocycles. The Morgan fingerprint density at radius 3 is 1.92 bits per heavy atom. The van der Waals surface area contributed by atoms with E-state index in [2.05, 4.69) is 39.3 Å². The van der Waals surface area contributed by atoms with E-state index in [-0.39, 0.29) is 0 Å². The largest absolute Gasteiger partial charge is 0.430 e. The van der Waals surface area contributed by atoms with Crippen LogP contribution in [0.1, 0.15) is 27.2 Å². The summed E-state index contributed by atoms with van der Waals surface area (Å²) < 4.78 is 24.2. The minimum atomic E-state index is -1.92. The summed E-state index contributed by atoms with van der Waals surface area (Å²) in [5.41, 5.74) is -0.843. The van der Waals surface area contributed by atoms with E-state index in [0.29, 0.717) is 16.7 Å². The number of esters is 1. The predicted molar refractivity (Wildman–Crippen MR) is 113 cm³/mol. The Kier molecular flexibility index (Phi) is 10.2. The molecule has 0 amide bonds. The van der Waals surface area contributed by atoms with Gasteiger partial charge in [0, 0.05) is 6.08 Å². The van der Waals surface area contributed by atoms with Crippen LogP contribution in [0.2, 0.25) is 39.3 Å². The van der Waals surface area contributed by atoms with Crippen molar-refractivity contribution in [1.29, 1.82) is 0 Å². The molecule has 0 aromatic rings. The standard InChI is InChI=1S/C17H38O6Si3/c1-10-12-15(19)21-16(13(3)18)20-14(11-2)17(24,22-25(4,5)6)23-26(7,8)9/h10,12-14,16,18H,11H2,1-9,24H3. The SMILES string of the molecule is CC=CC(=O)OC(OC(CC)C([SiH3])(O[Si](C)(C)C)O[Si](C)(C)C)C(C)O. The van der Waals surface area contributed by atoms with Gasteiger partial charge in [-0.3, -0.25) is 0 Å². The van der Waals surface area contributed by atoms with Crippen molar-refractivity contribution >= 4 is 32.8 Å². The van der Waals surface area contributed by atoms with Gasteiger partial charge < -0.3 is 23.4 Å². The first-order chi connectivity index (χ1) is 11.6. The molecule has 0 heterocycles. The number of carbonyl (C=O) groups is 1. The average molecular weight is 423 g/mol. The van der Waals surface area contributed by atoms with Crippen LogP contribution in [0.15, 0.2) is 12.2 Å². The van der Waals surface area contributed by atoms with Crippen LogP contribution < -0.4 is 0 Å². The van der Waals surface area contributed by atoms with Crippen LogP contribution in [0.4, 0.5) is 0 Å². The van der Waals surface area contributed by atoms with Crippen LogP contribution in [-0.4, -0.2) is 61.9 Å². The van der Waals surface area contributed by atoms with Crippen molar-refractivity contribution in [2.75, 3.05) is 0 Å². The Balaban J connectivity index is 5.60. The summed E-state index contributed by atoms with van der Waals surface area (Å²) in [6, 6.07) is 0. The molecule has 0 bridgehead atoms. The highest BCUT2D eigenvalue weighted by molar-refractivity contribution is 6.71. The number of hydrogen-bond acceptors (Lipinski definition) is 6. The van der Waals surface area contributed by atoms with Crippen LogP contribution in [0.3, 0.4) is 0 Å². The van der Waals surface area contributed by atoms with Crippen molar-refractivity contribution in [2.24, 2.45) is 0 Å². The zero-order valence-corrected chi connectivity index (χ0v) is 22.1. The number of allylic oxidation sites excluding steroid dienone is 1. The maximum absolute atomic E-state index is 11.8. The molecule has 0 aliphatic rings. The van der Waals surface area contributed by atoms with E-state index in [9.17, 15) is 9.90 Å². The van der Waals surface area contributed by atoms with Gasteiger partial charge in [0.15, 0.2) is 16.6 Å². The lowest BCUT2D eigenvalue weighted by Gasteiger charge is -2.46. The first-order valence-electron chi connectivity index (χ1n) is 9.20. The second-order valence-electron chi connectivity index (χ2n) is 8.52. The van der Waals surface area contributed by atoms with E-state index < -0.39 is 46.5 Å². The van der Waals surface area contributed by atoms with Crippen molar-refractivity contribution in [3.05, 3.63) is 12.2 Å². The van der Waals surface area contributed by atoms with Gasteiger partial charge in [-0.05, 0) is 59.6 Å². The third kappa shape index (κ3) is 10.1. The van der Waals surface area contributed by atoms with Crippen molar-refractivity contribution in [1.82, 2.24) is 0 Å². The van der Waals surface area contributed by atoms with Gasteiger partial charge in [0.05, 0.1) is 10.2 Å². The highest BCUT2D eigenvalue weighted by atomic mass is 28.4. The van der Waals surface area contributed by atoms with Gasteiger partial charge in [-0.15, -0.1) is 0 Å². The van der Waals surface area contributed by atoms with Gasteiger partial charge in [-0.1, -0.05) is 13.0 Å². The fourth-order valence-electron chi connectivity index (χ4n) is 2.65. The van der Waals surface area contributed by atoms with Crippen LogP contribution in [0.25, 0.3) is 0 Å². The van der Waals surface area contributed by atoms with Gasteiger partial charge in [0.1, 0.15) is 17.6 Å². The summed E-state index contributed by atoms with van der Waals surface area (Å²) in [7, 11) is -3.26. The number of hydrogen-bond donors (Lipinski definition) is 1. The molecular formula is C17H38O6Si3. The molecule has 0 saturated heterocycles. The highest BCUT2D eigenvalue weighted by Gasteiger charge is 2.44. The lowest BCUT2D eigenvalue weighted by Crippen LogP contribution is -2.59. The third-order valence-corrected chi connectivity index (χ3v) is 7.10. The van der Waals surface area contributed by atoms with Gasteiger partial charge >= 0.3 is 5.97 Å². The molecule has 3 atom stereocenters. The quantitative estimate of drug-likeness (QED) is 0.238. The average Bonchev–Trinajstić information content (AvgIpc) is 2.38. The molecule has 0 spiro atoms. The Bertz CT molecular complexity index is 452. The highest BCUT2D eigenvalue weighted by Crippen LogP contribution is 2.29. The molecule has 0 aromatic heterocycles. The Hall–Kier alpha value is -0.299. The second kappa shape index (κ2) is 10.3. The molecule has 0 radical (unpaired) electrons. The van der Waals surface area contributed by atoms with Crippen LogP contribution in [0, 0.1) is 0 Å². The van der Waals surface area contributed by atoms with Gasteiger partial charge in [0.2, 0.25) is 6.29 Å². The van der Waals surface area contributed by atoms with Crippen LogP contribution >= 0.6 is 0 Å². The maximum Gasteiger partial charge on any atom is 0.332 e. The predicted octanol–water partition coefficient (Wildman–Crippen LogP) is 2.33. The normalized spacial score (nSPS) is 17.3. The first kappa shape index (κ1) is 25.7. The molecule has 0 rings (SSSR count). The number of ether oxygens (including phenoxy) is 2. The van der Waals surface area contributed by atoms with Crippen LogP contribution in [0.5, 0.6) is 0 Å².